The highest BCUT2D eigenvalue weighted by Crippen LogP contribution is 2.22. The summed E-state index contributed by atoms with van der Waals surface area (Å²) in [5, 5.41) is 4.37. The quantitative estimate of drug-likeness (QED) is 0.905. The molecule has 1 aromatic carbocycles. The van der Waals surface area contributed by atoms with Crippen molar-refractivity contribution in [2.24, 2.45) is 12.8 Å². The van der Waals surface area contributed by atoms with E-state index in [-0.39, 0.29) is 0 Å². The zero-order valence-electron chi connectivity index (χ0n) is 11.0. The first-order chi connectivity index (χ1) is 8.91. The lowest BCUT2D eigenvalue weighted by Crippen LogP contribution is -2.03. The average molecular weight is 279 g/mol. The molecule has 0 amide bonds. The second-order valence-corrected chi connectivity index (χ2v) is 6.50. The minimum atomic E-state index is -3.15. The Bertz CT molecular complexity index is 672. The summed E-state index contributed by atoms with van der Waals surface area (Å²) in [4.78, 5) is 0.320. The van der Waals surface area contributed by atoms with Crippen molar-refractivity contribution in [3.63, 3.8) is 0 Å². The summed E-state index contributed by atoms with van der Waals surface area (Å²) in [7, 11) is -1.29. The fraction of sp³-hybridized carbons (Fsp3) is 0.308. The van der Waals surface area contributed by atoms with Crippen LogP contribution in [0.2, 0.25) is 0 Å². The molecule has 102 valence electrons. The molecular formula is C13H17N3O2S. The van der Waals surface area contributed by atoms with E-state index in [4.69, 9.17) is 5.73 Å². The van der Waals surface area contributed by atoms with Gasteiger partial charge in [-0.1, -0.05) is 12.1 Å². The lowest BCUT2D eigenvalue weighted by atomic mass is 10.1. The van der Waals surface area contributed by atoms with E-state index in [2.05, 4.69) is 5.10 Å². The number of nitrogens with two attached hydrogens (primary N) is 1. The number of aromatic nitrogens is 2. The second kappa shape index (κ2) is 5.14. The van der Waals surface area contributed by atoms with E-state index in [1.807, 2.05) is 13.1 Å². The fourth-order valence-corrected chi connectivity index (χ4v) is 2.57. The van der Waals surface area contributed by atoms with Gasteiger partial charge in [0.15, 0.2) is 9.84 Å². The number of nitrogens with zero attached hydrogens (tertiary/aromatic N) is 2. The number of hydrogen-bond acceptors (Lipinski definition) is 4. The van der Waals surface area contributed by atoms with Crippen LogP contribution in [0.1, 0.15) is 5.69 Å². The van der Waals surface area contributed by atoms with Gasteiger partial charge in [0.2, 0.25) is 0 Å². The first kappa shape index (κ1) is 13.8. The van der Waals surface area contributed by atoms with Crippen molar-refractivity contribution >= 4 is 9.84 Å². The monoisotopic (exact) mass is 279 g/mol. The lowest BCUT2D eigenvalue weighted by molar-refractivity contribution is 0.602. The molecule has 0 radical (unpaired) electrons. The van der Waals surface area contributed by atoms with Gasteiger partial charge in [-0.25, -0.2) is 8.42 Å². The zero-order valence-corrected chi connectivity index (χ0v) is 11.8. The Morgan fingerprint density at radius 2 is 1.89 bits per heavy atom. The highest BCUT2D eigenvalue weighted by atomic mass is 32.2. The van der Waals surface area contributed by atoms with Crippen LogP contribution in [0.3, 0.4) is 0 Å². The standard InChI is InChI=1S/C13H17N3O2S/c1-16-13(9-11(15-16)7-8-14)10-3-5-12(6-4-10)19(2,17)18/h3-6,9H,7-8,14H2,1-2H3. The second-order valence-electron chi connectivity index (χ2n) is 4.48. The molecule has 19 heavy (non-hydrogen) atoms. The van der Waals surface area contributed by atoms with Crippen molar-refractivity contribution < 1.29 is 8.42 Å². The summed E-state index contributed by atoms with van der Waals surface area (Å²) in [5.41, 5.74) is 8.33. The predicted molar refractivity (Wildman–Crippen MR) is 74.5 cm³/mol. The van der Waals surface area contributed by atoms with E-state index in [0.29, 0.717) is 11.4 Å². The normalized spacial score (nSPS) is 11.7. The molecule has 0 bridgehead atoms. The molecule has 2 N–H and O–H groups in total. The van der Waals surface area contributed by atoms with Gasteiger partial charge in [-0.3, -0.25) is 4.68 Å². The SMILES string of the molecule is Cn1nc(CCN)cc1-c1ccc(S(C)(=O)=O)cc1. The van der Waals surface area contributed by atoms with E-state index >= 15 is 0 Å². The molecule has 0 aliphatic heterocycles. The third-order valence-corrected chi connectivity index (χ3v) is 4.04. The van der Waals surface area contributed by atoms with Crippen molar-refractivity contribution in [2.75, 3.05) is 12.8 Å². The summed E-state index contributed by atoms with van der Waals surface area (Å²) in [5.74, 6) is 0. The largest absolute Gasteiger partial charge is 0.330 e. The molecule has 0 saturated carbocycles. The minimum Gasteiger partial charge on any atom is -0.330 e. The summed E-state index contributed by atoms with van der Waals surface area (Å²) in [6, 6.07) is 8.78. The Kier molecular flexibility index (Phi) is 3.73. The van der Waals surface area contributed by atoms with Crippen LogP contribution in [0.15, 0.2) is 35.2 Å². The predicted octanol–water partition coefficient (Wildman–Crippen LogP) is 0.992. The molecule has 0 unspecified atom stereocenters. The summed E-state index contributed by atoms with van der Waals surface area (Å²) < 4.78 is 24.6. The van der Waals surface area contributed by atoms with Crippen LogP contribution in [0.25, 0.3) is 11.3 Å². The molecule has 2 rings (SSSR count). The van der Waals surface area contributed by atoms with Crippen LogP contribution < -0.4 is 5.73 Å². The van der Waals surface area contributed by atoms with Crippen molar-refractivity contribution in [3.05, 3.63) is 36.0 Å². The molecule has 6 heteroatoms. The van der Waals surface area contributed by atoms with Crippen molar-refractivity contribution in [1.29, 1.82) is 0 Å². The maximum Gasteiger partial charge on any atom is 0.175 e. The Morgan fingerprint density at radius 1 is 1.26 bits per heavy atom. The third-order valence-electron chi connectivity index (χ3n) is 2.91. The van der Waals surface area contributed by atoms with E-state index in [1.54, 1.807) is 28.9 Å². The first-order valence-corrected chi connectivity index (χ1v) is 7.84. The molecule has 0 spiro atoms. The molecule has 0 atom stereocenters. The van der Waals surface area contributed by atoms with Gasteiger partial charge in [0.25, 0.3) is 0 Å². The van der Waals surface area contributed by atoms with E-state index < -0.39 is 9.84 Å². The zero-order chi connectivity index (χ0) is 14.0. The Hall–Kier alpha value is -1.66. The molecule has 0 fully saturated rings. The Morgan fingerprint density at radius 3 is 2.42 bits per heavy atom. The van der Waals surface area contributed by atoms with Gasteiger partial charge in [0.1, 0.15) is 0 Å². The summed E-state index contributed by atoms with van der Waals surface area (Å²) >= 11 is 0. The molecule has 2 aromatic rings. The van der Waals surface area contributed by atoms with Crippen LogP contribution >= 0.6 is 0 Å². The number of hydrogen-bond donors (Lipinski definition) is 1. The lowest BCUT2D eigenvalue weighted by Gasteiger charge is -2.03. The summed E-state index contributed by atoms with van der Waals surface area (Å²) in [6.07, 6.45) is 1.93. The molecular weight excluding hydrogens is 262 g/mol. The number of aryl methyl sites for hydroxylation is 1. The minimum absolute atomic E-state index is 0.320. The maximum absolute atomic E-state index is 11.4. The van der Waals surface area contributed by atoms with Crippen molar-refractivity contribution in [1.82, 2.24) is 9.78 Å². The maximum atomic E-state index is 11.4. The molecule has 5 nitrogen and oxygen atoms in total. The molecule has 0 aliphatic carbocycles. The van der Waals surface area contributed by atoms with Crippen LogP contribution in [0, 0.1) is 0 Å². The Labute approximate surface area is 113 Å². The van der Waals surface area contributed by atoms with Gasteiger partial charge in [0, 0.05) is 19.7 Å². The van der Waals surface area contributed by atoms with E-state index in [0.717, 1.165) is 23.4 Å². The summed E-state index contributed by atoms with van der Waals surface area (Å²) in [6.45, 7) is 0.559. The first-order valence-electron chi connectivity index (χ1n) is 5.95. The third kappa shape index (κ3) is 3.02. The van der Waals surface area contributed by atoms with Gasteiger partial charge in [0.05, 0.1) is 16.3 Å². The number of rotatable bonds is 4. The molecule has 1 aromatic heterocycles. The molecule has 0 aliphatic rings. The van der Waals surface area contributed by atoms with Crippen molar-refractivity contribution in [3.8, 4) is 11.3 Å². The topological polar surface area (TPSA) is 78.0 Å². The van der Waals surface area contributed by atoms with Crippen molar-refractivity contribution in [2.45, 2.75) is 11.3 Å². The highest BCUT2D eigenvalue weighted by molar-refractivity contribution is 7.90. The van der Waals surface area contributed by atoms with E-state index in [9.17, 15) is 8.42 Å². The smallest absolute Gasteiger partial charge is 0.175 e. The van der Waals surface area contributed by atoms with Crippen LogP contribution in [-0.4, -0.2) is 31.0 Å². The Balaban J connectivity index is 2.37. The van der Waals surface area contributed by atoms with Gasteiger partial charge < -0.3 is 5.73 Å². The van der Waals surface area contributed by atoms with E-state index in [1.165, 1.54) is 6.26 Å². The molecule has 0 saturated heterocycles. The van der Waals surface area contributed by atoms with Crippen LogP contribution in [0.5, 0.6) is 0 Å². The van der Waals surface area contributed by atoms with Gasteiger partial charge in [-0.2, -0.15) is 5.10 Å². The average Bonchev–Trinajstić information content (AvgIpc) is 2.70. The number of sulfone groups is 1. The van der Waals surface area contributed by atoms with Gasteiger partial charge in [-0.15, -0.1) is 0 Å². The van der Waals surface area contributed by atoms with Gasteiger partial charge >= 0.3 is 0 Å². The highest BCUT2D eigenvalue weighted by Gasteiger charge is 2.10. The van der Waals surface area contributed by atoms with Gasteiger partial charge in [-0.05, 0) is 30.3 Å². The molecule has 1 heterocycles. The van der Waals surface area contributed by atoms with Crippen LogP contribution in [-0.2, 0) is 23.3 Å². The fourth-order valence-electron chi connectivity index (χ4n) is 1.94. The number of benzene rings is 1. The van der Waals surface area contributed by atoms with Crippen LogP contribution in [0.4, 0.5) is 0 Å².